The van der Waals surface area contributed by atoms with Crippen LogP contribution in [0.3, 0.4) is 0 Å². The van der Waals surface area contributed by atoms with Gasteiger partial charge in [-0.15, -0.1) is 0 Å². The quantitative estimate of drug-likeness (QED) is 0.605. The maximum Gasteiger partial charge on any atom is 0.145 e. The molecule has 0 bridgehead atoms. The third-order valence-electron chi connectivity index (χ3n) is 1.63. The van der Waals surface area contributed by atoms with Crippen LogP contribution in [0.2, 0.25) is 0 Å². The van der Waals surface area contributed by atoms with Crippen molar-refractivity contribution in [3.63, 3.8) is 0 Å². The minimum atomic E-state index is 0.512. The Morgan fingerprint density at radius 2 is 2.42 bits per heavy atom. The molecular weight excluding hydrogens is 150 g/mol. The highest BCUT2D eigenvalue weighted by molar-refractivity contribution is 5.75. The molecule has 1 aliphatic rings. The molecule has 0 radical (unpaired) electrons. The van der Waals surface area contributed by atoms with Crippen molar-refractivity contribution in [3.05, 3.63) is 42.1 Å². The van der Waals surface area contributed by atoms with E-state index in [9.17, 15) is 0 Å². The Labute approximate surface area is 70.3 Å². The first-order valence-electron chi connectivity index (χ1n) is 3.63. The van der Waals surface area contributed by atoms with Gasteiger partial charge in [0.25, 0.3) is 0 Å². The second-order valence-corrected chi connectivity index (χ2v) is 2.50. The average Bonchev–Trinajstić information content (AvgIpc) is 2.54. The first-order chi connectivity index (χ1) is 5.86. The van der Waals surface area contributed by atoms with Crippen LogP contribution >= 0.6 is 0 Å². The van der Waals surface area contributed by atoms with Gasteiger partial charge >= 0.3 is 0 Å². The molecule has 0 unspecified atom stereocenters. The van der Waals surface area contributed by atoms with Crippen molar-refractivity contribution in [2.24, 2.45) is 0 Å². The molecule has 0 atom stereocenters. The normalized spacial score (nSPS) is 14.2. The summed E-state index contributed by atoms with van der Waals surface area (Å²) in [5.74, 6) is 0.512. The van der Waals surface area contributed by atoms with Crippen LogP contribution in [0.1, 0.15) is 5.69 Å². The van der Waals surface area contributed by atoms with Crippen LogP contribution in [-0.2, 0) is 0 Å². The molecule has 1 heterocycles. The fourth-order valence-electron chi connectivity index (χ4n) is 1.05. The van der Waals surface area contributed by atoms with Gasteiger partial charge in [-0.1, -0.05) is 0 Å². The Morgan fingerprint density at radius 3 is 3.00 bits per heavy atom. The lowest BCUT2D eigenvalue weighted by Crippen LogP contribution is -1.82. The minimum absolute atomic E-state index is 0.512. The summed E-state index contributed by atoms with van der Waals surface area (Å²) in [6.07, 6.45) is 10.6. The van der Waals surface area contributed by atoms with Crippen molar-refractivity contribution in [1.29, 1.82) is 0 Å². The van der Waals surface area contributed by atoms with Gasteiger partial charge in [-0.2, -0.15) is 5.10 Å². The maximum absolute atomic E-state index is 5.47. The molecular formula is C9H8N3+. The lowest BCUT2D eigenvalue weighted by molar-refractivity contribution is 1.08. The van der Waals surface area contributed by atoms with Crippen molar-refractivity contribution in [2.75, 3.05) is 5.73 Å². The number of nitrogens with zero attached hydrogens (tertiary/aromatic N) is 1. The maximum atomic E-state index is 5.47. The van der Waals surface area contributed by atoms with Crippen LogP contribution in [0.5, 0.6) is 0 Å². The molecule has 0 spiro atoms. The summed E-state index contributed by atoms with van der Waals surface area (Å²) < 4.78 is 0. The minimum Gasteiger partial charge on any atom is -0.382 e. The molecule has 0 aliphatic heterocycles. The van der Waals surface area contributed by atoms with Crippen LogP contribution in [0.4, 0.5) is 5.82 Å². The lowest BCUT2D eigenvalue weighted by Gasteiger charge is -1.89. The summed E-state index contributed by atoms with van der Waals surface area (Å²) in [6, 6.07) is 1.80. The predicted octanol–water partition coefficient (Wildman–Crippen LogP) is 1.30. The van der Waals surface area contributed by atoms with Gasteiger partial charge in [0.1, 0.15) is 23.5 Å². The number of aromatic nitrogens is 2. The summed E-state index contributed by atoms with van der Waals surface area (Å²) in [6.45, 7) is 0. The molecule has 0 saturated heterocycles. The number of nitrogen functional groups attached to an aromatic ring is 1. The second-order valence-electron chi connectivity index (χ2n) is 2.50. The zero-order valence-electron chi connectivity index (χ0n) is 6.41. The topological polar surface area (TPSA) is 54.7 Å². The molecule has 1 aromatic heterocycles. The van der Waals surface area contributed by atoms with Crippen LogP contribution < -0.4 is 5.73 Å². The Kier molecular flexibility index (Phi) is 1.50. The number of hydrogen-bond acceptors (Lipinski definition) is 2. The first-order valence-corrected chi connectivity index (χ1v) is 3.63. The Balaban J connectivity index is 2.37. The third kappa shape index (κ3) is 1.13. The van der Waals surface area contributed by atoms with E-state index >= 15 is 0 Å². The largest absolute Gasteiger partial charge is 0.382 e. The monoisotopic (exact) mass is 158 g/mol. The molecule has 58 valence electrons. The van der Waals surface area contributed by atoms with E-state index in [1.807, 2.05) is 24.3 Å². The zero-order chi connectivity index (χ0) is 8.39. The Bertz CT molecular complexity index is 369. The number of allylic oxidation sites excluding steroid dienone is 6. The van der Waals surface area contributed by atoms with Gasteiger partial charge in [0.15, 0.2) is 0 Å². The summed E-state index contributed by atoms with van der Waals surface area (Å²) >= 11 is 0. The van der Waals surface area contributed by atoms with Gasteiger partial charge in [0.2, 0.25) is 0 Å². The summed E-state index contributed by atoms with van der Waals surface area (Å²) in [5.41, 5.74) is 7.47. The van der Waals surface area contributed by atoms with E-state index in [0.717, 1.165) is 11.3 Å². The highest BCUT2D eigenvalue weighted by atomic mass is 15.2. The molecule has 3 heteroatoms. The standard InChI is InChI=1S/C9H8N3/c10-9-6-8(11-12-9)7-4-2-1-3-5-7/h2-6H,(H3,10,11,12)/q+1. The number of nitrogens with two attached hydrogens (primary N) is 1. The molecule has 0 aromatic carbocycles. The number of nitrogens with one attached hydrogen (secondary N) is 1. The van der Waals surface area contributed by atoms with E-state index in [4.69, 9.17) is 5.73 Å². The summed E-state index contributed by atoms with van der Waals surface area (Å²) in [7, 11) is 0. The van der Waals surface area contributed by atoms with Crippen LogP contribution in [0.15, 0.2) is 30.4 Å². The molecule has 3 nitrogen and oxygen atoms in total. The lowest BCUT2D eigenvalue weighted by atomic mass is 10.1. The Hall–Kier alpha value is -1.86. The van der Waals surface area contributed by atoms with Crippen molar-refractivity contribution >= 4 is 11.4 Å². The highest BCUT2D eigenvalue weighted by Crippen LogP contribution is 2.17. The number of aromatic amines is 1. The fraction of sp³-hybridized carbons (Fsp3) is 0. The van der Waals surface area contributed by atoms with E-state index in [0.29, 0.717) is 5.82 Å². The number of anilines is 1. The molecule has 12 heavy (non-hydrogen) atoms. The molecule has 0 saturated carbocycles. The second kappa shape index (κ2) is 2.64. The summed E-state index contributed by atoms with van der Waals surface area (Å²) in [4.78, 5) is 0. The van der Waals surface area contributed by atoms with Gasteiger partial charge in [-0.25, -0.2) is 0 Å². The SMILES string of the molecule is Nc1cc(C2=CC=[C+]C=C2)[nH]n1. The van der Waals surface area contributed by atoms with Gasteiger partial charge in [-0.05, 0) is 0 Å². The predicted molar refractivity (Wildman–Crippen MR) is 47.9 cm³/mol. The van der Waals surface area contributed by atoms with E-state index < -0.39 is 0 Å². The summed E-state index contributed by atoms with van der Waals surface area (Å²) in [5, 5.41) is 6.67. The smallest absolute Gasteiger partial charge is 0.145 e. The van der Waals surface area contributed by atoms with Crippen molar-refractivity contribution in [2.45, 2.75) is 0 Å². The third-order valence-corrected chi connectivity index (χ3v) is 1.63. The van der Waals surface area contributed by atoms with Gasteiger partial charge in [0, 0.05) is 12.1 Å². The fourth-order valence-corrected chi connectivity index (χ4v) is 1.05. The van der Waals surface area contributed by atoms with Crippen molar-refractivity contribution in [1.82, 2.24) is 10.2 Å². The van der Waals surface area contributed by atoms with Crippen molar-refractivity contribution in [3.8, 4) is 0 Å². The van der Waals surface area contributed by atoms with E-state index in [1.54, 1.807) is 6.07 Å². The van der Waals surface area contributed by atoms with E-state index in [2.05, 4.69) is 16.3 Å². The van der Waals surface area contributed by atoms with Crippen LogP contribution in [0.25, 0.3) is 5.57 Å². The molecule has 3 N–H and O–H groups in total. The number of H-pyrrole nitrogens is 1. The molecule has 1 aliphatic carbocycles. The number of rotatable bonds is 1. The molecule has 2 rings (SSSR count). The van der Waals surface area contributed by atoms with Crippen LogP contribution in [0, 0.1) is 6.08 Å². The van der Waals surface area contributed by atoms with Gasteiger partial charge in [-0.3, -0.25) is 5.10 Å². The van der Waals surface area contributed by atoms with Crippen molar-refractivity contribution < 1.29 is 0 Å². The molecule has 0 amide bonds. The van der Waals surface area contributed by atoms with E-state index in [-0.39, 0.29) is 0 Å². The molecule has 0 fully saturated rings. The van der Waals surface area contributed by atoms with Crippen LogP contribution in [-0.4, -0.2) is 10.2 Å². The Morgan fingerprint density at radius 1 is 1.50 bits per heavy atom. The number of hydrogen-bond donors (Lipinski definition) is 2. The van der Waals surface area contributed by atoms with Gasteiger partial charge < -0.3 is 5.73 Å². The molecule has 1 aromatic rings. The first kappa shape index (κ1) is 6.83. The highest BCUT2D eigenvalue weighted by Gasteiger charge is 2.07. The van der Waals surface area contributed by atoms with Gasteiger partial charge in [0.05, 0.1) is 17.8 Å². The zero-order valence-corrected chi connectivity index (χ0v) is 6.41. The van der Waals surface area contributed by atoms with E-state index in [1.165, 1.54) is 0 Å². The average molecular weight is 158 g/mol.